The van der Waals surface area contributed by atoms with Crippen molar-refractivity contribution in [2.24, 2.45) is 11.8 Å². The smallest absolute Gasteiger partial charge is 0.336 e. The Hall–Kier alpha value is -3.09. The van der Waals surface area contributed by atoms with Gasteiger partial charge in [-0.2, -0.15) is 0 Å². The van der Waals surface area contributed by atoms with E-state index in [0.717, 1.165) is 11.3 Å². The summed E-state index contributed by atoms with van der Waals surface area (Å²) in [4.78, 5) is 38.7. The summed E-state index contributed by atoms with van der Waals surface area (Å²) in [5, 5.41) is 3.23. The summed E-state index contributed by atoms with van der Waals surface area (Å²) < 4.78 is 15.4. The first kappa shape index (κ1) is 21.6. The van der Waals surface area contributed by atoms with E-state index >= 15 is 0 Å². The van der Waals surface area contributed by atoms with Gasteiger partial charge in [-0.25, -0.2) is 4.79 Å². The van der Waals surface area contributed by atoms with Gasteiger partial charge >= 0.3 is 11.9 Å². The summed E-state index contributed by atoms with van der Waals surface area (Å²) in [6, 6.07) is 7.21. The number of dihydropyridines is 1. The Kier molecular flexibility index (Phi) is 6.29. The van der Waals surface area contributed by atoms with Crippen LogP contribution >= 0.6 is 0 Å². The first-order valence-corrected chi connectivity index (χ1v) is 9.97. The molecule has 1 aliphatic heterocycles. The minimum absolute atomic E-state index is 0.215. The molecule has 1 N–H and O–H groups in total. The van der Waals surface area contributed by atoms with Gasteiger partial charge in [0.25, 0.3) is 0 Å². The highest BCUT2D eigenvalue weighted by Crippen LogP contribution is 2.45. The fourth-order valence-corrected chi connectivity index (χ4v) is 4.29. The van der Waals surface area contributed by atoms with Crippen LogP contribution in [-0.2, 0) is 23.9 Å². The lowest BCUT2D eigenvalue weighted by molar-refractivity contribution is -0.151. The number of rotatable bonds is 5. The van der Waals surface area contributed by atoms with Crippen molar-refractivity contribution in [3.63, 3.8) is 0 Å². The summed E-state index contributed by atoms with van der Waals surface area (Å²) in [6.45, 7) is 5.60. The molecule has 0 aromatic heterocycles. The van der Waals surface area contributed by atoms with Crippen molar-refractivity contribution < 1.29 is 28.6 Å². The van der Waals surface area contributed by atoms with Crippen molar-refractivity contribution in [2.45, 2.75) is 33.1 Å². The third-order valence-corrected chi connectivity index (χ3v) is 5.69. The van der Waals surface area contributed by atoms with Crippen LogP contribution in [0.15, 0.2) is 46.8 Å². The van der Waals surface area contributed by atoms with Gasteiger partial charge < -0.3 is 19.5 Å². The maximum Gasteiger partial charge on any atom is 0.336 e. The Balaban J connectivity index is 2.17. The highest BCUT2D eigenvalue weighted by Gasteiger charge is 2.47. The maximum absolute atomic E-state index is 13.5. The lowest BCUT2D eigenvalue weighted by atomic mass is 9.69. The van der Waals surface area contributed by atoms with Gasteiger partial charge in [-0.3, -0.25) is 9.59 Å². The van der Waals surface area contributed by atoms with Gasteiger partial charge in [0.05, 0.1) is 26.4 Å². The fourth-order valence-electron chi connectivity index (χ4n) is 4.29. The zero-order valence-corrected chi connectivity index (χ0v) is 17.9. The van der Waals surface area contributed by atoms with E-state index in [1.165, 1.54) is 7.11 Å². The number of Topliss-reactive ketones (excluding diaryl/α,β-unsaturated/α-hetero) is 1. The monoisotopic (exact) mass is 413 g/mol. The number of nitrogens with one attached hydrogen (secondary N) is 1. The Morgan fingerprint density at radius 2 is 1.83 bits per heavy atom. The molecule has 3 rings (SSSR count). The number of allylic oxidation sites excluding steroid dienone is 3. The number of carbonyl (C=O) groups excluding carboxylic acids is 3. The van der Waals surface area contributed by atoms with Crippen molar-refractivity contribution in [1.82, 2.24) is 5.32 Å². The molecular formula is C23H27NO6. The van der Waals surface area contributed by atoms with E-state index in [1.807, 2.05) is 19.1 Å². The lowest BCUT2D eigenvalue weighted by Crippen LogP contribution is -2.43. The molecular weight excluding hydrogens is 386 g/mol. The molecule has 0 spiro atoms. The van der Waals surface area contributed by atoms with Crippen molar-refractivity contribution in [2.75, 3.05) is 20.8 Å². The highest BCUT2D eigenvalue weighted by atomic mass is 16.5. The fraction of sp³-hybridized carbons (Fsp3) is 0.435. The summed E-state index contributed by atoms with van der Waals surface area (Å²) in [7, 11) is 2.85. The van der Waals surface area contributed by atoms with Crippen molar-refractivity contribution in [1.29, 1.82) is 0 Å². The third-order valence-electron chi connectivity index (χ3n) is 5.69. The molecule has 1 aromatic rings. The minimum Gasteiger partial charge on any atom is -0.497 e. The molecule has 7 heteroatoms. The molecule has 3 atom stereocenters. The number of esters is 2. The van der Waals surface area contributed by atoms with Gasteiger partial charge in [0.15, 0.2) is 5.78 Å². The molecule has 30 heavy (non-hydrogen) atoms. The van der Waals surface area contributed by atoms with Crippen LogP contribution in [0.5, 0.6) is 5.75 Å². The van der Waals surface area contributed by atoms with Crippen LogP contribution in [0.4, 0.5) is 0 Å². The van der Waals surface area contributed by atoms with E-state index in [-0.39, 0.29) is 18.3 Å². The van der Waals surface area contributed by atoms with Gasteiger partial charge in [0, 0.05) is 22.9 Å². The molecule has 0 fully saturated rings. The summed E-state index contributed by atoms with van der Waals surface area (Å²) in [5.74, 6) is -2.47. The van der Waals surface area contributed by atoms with Crippen LogP contribution < -0.4 is 10.1 Å². The molecule has 160 valence electrons. The third kappa shape index (κ3) is 3.72. The van der Waals surface area contributed by atoms with Crippen LogP contribution in [0.2, 0.25) is 0 Å². The Morgan fingerprint density at radius 3 is 2.40 bits per heavy atom. The van der Waals surface area contributed by atoms with Gasteiger partial charge in [-0.05, 0) is 43.9 Å². The second-order valence-electron chi connectivity index (χ2n) is 7.53. The van der Waals surface area contributed by atoms with Crippen molar-refractivity contribution in [3.05, 3.63) is 52.4 Å². The predicted molar refractivity (Wildman–Crippen MR) is 110 cm³/mol. The predicted octanol–water partition coefficient (Wildman–Crippen LogP) is 2.87. The van der Waals surface area contributed by atoms with E-state index in [2.05, 4.69) is 5.32 Å². The molecule has 0 bridgehead atoms. The van der Waals surface area contributed by atoms with Gasteiger partial charge in [0.1, 0.15) is 11.7 Å². The zero-order valence-electron chi connectivity index (χ0n) is 17.9. The molecule has 1 aliphatic carbocycles. The maximum atomic E-state index is 13.5. The standard InChI is InChI=1S/C23H27NO6/c1-6-30-23(27)18-13(3)24-16-11-12(2)17(22(26)29-5)21(25)20(16)19(18)14-7-9-15(28-4)10-8-14/h7-10,12,17,19,24H,6,11H2,1-5H3. The van der Waals surface area contributed by atoms with Gasteiger partial charge in [0.2, 0.25) is 0 Å². The molecule has 2 aliphatic rings. The van der Waals surface area contributed by atoms with Crippen LogP contribution in [0.3, 0.4) is 0 Å². The normalized spacial score (nSPS) is 23.5. The molecule has 0 amide bonds. The Bertz CT molecular complexity index is 928. The molecule has 3 unspecified atom stereocenters. The number of hydrogen-bond acceptors (Lipinski definition) is 7. The minimum atomic E-state index is -0.904. The van der Waals surface area contributed by atoms with Crippen LogP contribution in [-0.4, -0.2) is 38.5 Å². The van der Waals surface area contributed by atoms with Crippen molar-refractivity contribution in [3.8, 4) is 5.75 Å². The second-order valence-corrected chi connectivity index (χ2v) is 7.53. The zero-order chi connectivity index (χ0) is 22.0. The van der Waals surface area contributed by atoms with E-state index in [4.69, 9.17) is 14.2 Å². The van der Waals surface area contributed by atoms with Crippen LogP contribution in [0, 0.1) is 11.8 Å². The number of ketones is 1. The van der Waals surface area contributed by atoms with Gasteiger partial charge in [-0.1, -0.05) is 19.1 Å². The number of hydrogen-bond donors (Lipinski definition) is 1. The van der Waals surface area contributed by atoms with E-state index in [9.17, 15) is 14.4 Å². The van der Waals surface area contributed by atoms with Gasteiger partial charge in [-0.15, -0.1) is 0 Å². The number of methoxy groups -OCH3 is 2. The number of carbonyl (C=O) groups is 3. The lowest BCUT2D eigenvalue weighted by Gasteiger charge is -2.38. The van der Waals surface area contributed by atoms with Crippen LogP contribution in [0.25, 0.3) is 0 Å². The molecule has 0 radical (unpaired) electrons. The van der Waals surface area contributed by atoms with E-state index < -0.39 is 23.8 Å². The van der Waals surface area contributed by atoms with E-state index in [0.29, 0.717) is 29.0 Å². The highest BCUT2D eigenvalue weighted by molar-refractivity contribution is 6.12. The first-order valence-electron chi connectivity index (χ1n) is 9.97. The molecule has 0 saturated carbocycles. The quantitative estimate of drug-likeness (QED) is 0.586. The summed E-state index contributed by atoms with van der Waals surface area (Å²) in [5.41, 5.74) is 2.91. The number of ether oxygens (including phenoxy) is 3. The Morgan fingerprint density at radius 1 is 1.17 bits per heavy atom. The van der Waals surface area contributed by atoms with Crippen molar-refractivity contribution >= 4 is 17.7 Å². The molecule has 7 nitrogen and oxygen atoms in total. The topological polar surface area (TPSA) is 90.9 Å². The average molecular weight is 413 g/mol. The van der Waals surface area contributed by atoms with E-state index in [1.54, 1.807) is 33.1 Å². The average Bonchev–Trinajstić information content (AvgIpc) is 2.72. The SMILES string of the molecule is CCOC(=O)C1=C(C)NC2=C(C(=O)C(C(=O)OC)C(C)C2)C1c1ccc(OC)cc1. The largest absolute Gasteiger partial charge is 0.497 e. The number of benzene rings is 1. The second kappa shape index (κ2) is 8.73. The Labute approximate surface area is 176 Å². The summed E-state index contributed by atoms with van der Waals surface area (Å²) >= 11 is 0. The van der Waals surface area contributed by atoms with Crippen LogP contribution in [0.1, 0.15) is 38.7 Å². The first-order chi connectivity index (χ1) is 14.3. The molecule has 1 heterocycles. The summed E-state index contributed by atoms with van der Waals surface area (Å²) in [6.07, 6.45) is 0.501. The molecule has 0 saturated heterocycles. The molecule has 1 aromatic carbocycles.